The Labute approximate surface area is 99.8 Å². The fourth-order valence-corrected chi connectivity index (χ4v) is 1.61. The molecule has 0 aliphatic heterocycles. The predicted octanol–water partition coefficient (Wildman–Crippen LogP) is 2.50. The second kappa shape index (κ2) is 12.9. The van der Waals surface area contributed by atoms with Gasteiger partial charge in [0.25, 0.3) is 0 Å². The molecule has 0 fully saturated rings. The van der Waals surface area contributed by atoms with Crippen LogP contribution in [0.25, 0.3) is 0 Å². The Morgan fingerprint density at radius 3 is 2.25 bits per heavy atom. The Balaban J connectivity index is 2.98. The third kappa shape index (κ3) is 12.0. The number of hydrogen-bond donors (Lipinski definition) is 2. The molecule has 0 aliphatic rings. The Morgan fingerprint density at radius 2 is 1.62 bits per heavy atom. The molecule has 1 atom stereocenters. The second-order valence-corrected chi connectivity index (χ2v) is 4.36. The quantitative estimate of drug-likeness (QED) is 0.508. The average Bonchev–Trinajstić information content (AvgIpc) is 2.27. The molecular weight excluding hydrogens is 204 g/mol. The zero-order valence-electron chi connectivity index (χ0n) is 10.7. The van der Waals surface area contributed by atoms with Crippen molar-refractivity contribution in [3.63, 3.8) is 0 Å². The lowest BCUT2D eigenvalue weighted by Gasteiger charge is -2.09. The van der Waals surface area contributed by atoms with Crippen LogP contribution < -0.4 is 0 Å². The van der Waals surface area contributed by atoms with E-state index in [-0.39, 0.29) is 6.61 Å². The molecule has 0 heterocycles. The van der Waals surface area contributed by atoms with Crippen molar-refractivity contribution in [2.24, 2.45) is 0 Å². The van der Waals surface area contributed by atoms with E-state index < -0.39 is 6.10 Å². The van der Waals surface area contributed by atoms with Crippen molar-refractivity contribution in [3.8, 4) is 0 Å². The van der Waals surface area contributed by atoms with E-state index in [0.29, 0.717) is 13.0 Å². The maximum Gasteiger partial charge on any atom is 0.0795 e. The van der Waals surface area contributed by atoms with Crippen molar-refractivity contribution in [3.05, 3.63) is 0 Å². The van der Waals surface area contributed by atoms with E-state index in [4.69, 9.17) is 9.84 Å². The van der Waals surface area contributed by atoms with Crippen LogP contribution in [0.3, 0.4) is 0 Å². The molecule has 0 unspecified atom stereocenters. The minimum Gasteiger partial charge on any atom is -0.396 e. The molecule has 0 bridgehead atoms. The molecule has 16 heavy (non-hydrogen) atoms. The Hall–Kier alpha value is -0.120. The molecule has 98 valence electrons. The molecule has 0 aromatic heterocycles. The number of hydrogen-bond acceptors (Lipinski definition) is 3. The molecule has 0 rings (SSSR count). The third-order valence-corrected chi connectivity index (χ3v) is 2.66. The van der Waals surface area contributed by atoms with Gasteiger partial charge in [-0.25, -0.2) is 0 Å². The van der Waals surface area contributed by atoms with Gasteiger partial charge in [0.1, 0.15) is 0 Å². The van der Waals surface area contributed by atoms with Gasteiger partial charge >= 0.3 is 0 Å². The summed E-state index contributed by atoms with van der Waals surface area (Å²) < 4.78 is 5.31. The number of aliphatic hydroxyl groups excluding tert-OH is 2. The Kier molecular flexibility index (Phi) is 12.9. The largest absolute Gasteiger partial charge is 0.396 e. The van der Waals surface area contributed by atoms with Crippen LogP contribution in [0.1, 0.15) is 58.3 Å². The summed E-state index contributed by atoms with van der Waals surface area (Å²) in [7, 11) is 0. The van der Waals surface area contributed by atoms with E-state index in [1.54, 1.807) is 0 Å². The van der Waals surface area contributed by atoms with E-state index in [2.05, 4.69) is 6.92 Å². The Bertz CT molecular complexity index is 128. The van der Waals surface area contributed by atoms with Gasteiger partial charge in [-0.05, 0) is 12.8 Å². The van der Waals surface area contributed by atoms with Gasteiger partial charge in [-0.2, -0.15) is 0 Å². The maximum atomic E-state index is 9.26. The van der Waals surface area contributed by atoms with E-state index in [1.807, 2.05) is 0 Å². The van der Waals surface area contributed by atoms with Crippen molar-refractivity contribution in [1.82, 2.24) is 0 Å². The summed E-state index contributed by atoms with van der Waals surface area (Å²) in [4.78, 5) is 0. The highest BCUT2D eigenvalue weighted by Crippen LogP contribution is 2.06. The van der Waals surface area contributed by atoms with Gasteiger partial charge < -0.3 is 14.9 Å². The molecule has 0 aromatic carbocycles. The minimum absolute atomic E-state index is 0.0297. The lowest BCUT2D eigenvalue weighted by atomic mass is 10.1. The molecule has 3 nitrogen and oxygen atoms in total. The molecule has 0 aliphatic carbocycles. The summed E-state index contributed by atoms with van der Waals surface area (Å²) in [5.74, 6) is 0. The molecule has 0 radical (unpaired) electrons. The lowest BCUT2D eigenvalue weighted by molar-refractivity contribution is 0.0228. The fraction of sp³-hybridized carbons (Fsp3) is 1.00. The summed E-state index contributed by atoms with van der Waals surface area (Å²) >= 11 is 0. The first-order valence-corrected chi connectivity index (χ1v) is 6.68. The molecule has 0 amide bonds. The number of unbranched alkanes of at least 4 members (excludes halogenated alkanes) is 6. The standard InChI is InChI=1S/C13H28O3/c1-2-3-4-5-6-7-8-11-16-12-13(15)9-10-14/h13-15H,2-12H2,1H3/t13-/m1/s1. The highest BCUT2D eigenvalue weighted by Gasteiger charge is 2.02. The Morgan fingerprint density at radius 1 is 1.00 bits per heavy atom. The summed E-state index contributed by atoms with van der Waals surface area (Å²) in [6.45, 7) is 3.35. The molecule has 2 N–H and O–H groups in total. The predicted molar refractivity (Wildman–Crippen MR) is 66.5 cm³/mol. The van der Waals surface area contributed by atoms with Gasteiger partial charge in [0, 0.05) is 13.2 Å². The third-order valence-electron chi connectivity index (χ3n) is 2.66. The molecular formula is C13H28O3. The summed E-state index contributed by atoms with van der Waals surface area (Å²) in [5.41, 5.74) is 0. The zero-order chi connectivity index (χ0) is 12.1. The topological polar surface area (TPSA) is 49.7 Å². The summed E-state index contributed by atoms with van der Waals surface area (Å²) in [5, 5.41) is 17.8. The smallest absolute Gasteiger partial charge is 0.0795 e. The lowest BCUT2D eigenvalue weighted by Crippen LogP contribution is -2.17. The van der Waals surface area contributed by atoms with Crippen molar-refractivity contribution in [2.45, 2.75) is 64.4 Å². The first-order chi connectivity index (χ1) is 7.81. The van der Waals surface area contributed by atoms with Gasteiger partial charge in [0.05, 0.1) is 12.7 Å². The first kappa shape index (κ1) is 15.9. The van der Waals surface area contributed by atoms with Crippen LogP contribution in [0.2, 0.25) is 0 Å². The van der Waals surface area contributed by atoms with Crippen LogP contribution in [0.15, 0.2) is 0 Å². The van der Waals surface area contributed by atoms with E-state index in [9.17, 15) is 5.11 Å². The first-order valence-electron chi connectivity index (χ1n) is 6.68. The monoisotopic (exact) mass is 232 g/mol. The average molecular weight is 232 g/mol. The van der Waals surface area contributed by atoms with Crippen molar-refractivity contribution in [2.75, 3.05) is 19.8 Å². The van der Waals surface area contributed by atoms with Crippen LogP contribution in [-0.2, 0) is 4.74 Å². The van der Waals surface area contributed by atoms with Crippen molar-refractivity contribution < 1.29 is 14.9 Å². The fourth-order valence-electron chi connectivity index (χ4n) is 1.61. The van der Waals surface area contributed by atoms with Crippen LogP contribution >= 0.6 is 0 Å². The maximum absolute atomic E-state index is 9.26. The van der Waals surface area contributed by atoms with Crippen LogP contribution in [0.5, 0.6) is 0 Å². The summed E-state index contributed by atoms with van der Waals surface area (Å²) in [6, 6.07) is 0. The SMILES string of the molecule is CCCCCCCCCOC[C@H](O)CCO. The van der Waals surface area contributed by atoms with E-state index in [0.717, 1.165) is 13.0 Å². The molecule has 0 saturated carbocycles. The molecule has 0 aromatic rings. The minimum atomic E-state index is -0.505. The molecule has 3 heteroatoms. The van der Waals surface area contributed by atoms with Gasteiger partial charge in [0.15, 0.2) is 0 Å². The van der Waals surface area contributed by atoms with Gasteiger partial charge in [-0.3, -0.25) is 0 Å². The van der Waals surface area contributed by atoms with Crippen LogP contribution in [0, 0.1) is 0 Å². The highest BCUT2D eigenvalue weighted by molar-refractivity contribution is 4.52. The van der Waals surface area contributed by atoms with Crippen LogP contribution in [-0.4, -0.2) is 36.1 Å². The number of aliphatic hydroxyl groups is 2. The van der Waals surface area contributed by atoms with E-state index in [1.165, 1.54) is 38.5 Å². The van der Waals surface area contributed by atoms with Crippen molar-refractivity contribution >= 4 is 0 Å². The number of rotatable bonds is 12. The van der Waals surface area contributed by atoms with Gasteiger partial charge in [0.2, 0.25) is 0 Å². The molecule has 0 saturated heterocycles. The second-order valence-electron chi connectivity index (χ2n) is 4.36. The summed E-state index contributed by atoms with van der Waals surface area (Å²) in [6.07, 6.45) is 8.84. The molecule has 0 spiro atoms. The zero-order valence-corrected chi connectivity index (χ0v) is 10.7. The van der Waals surface area contributed by atoms with Gasteiger partial charge in [-0.15, -0.1) is 0 Å². The van der Waals surface area contributed by atoms with Crippen molar-refractivity contribution in [1.29, 1.82) is 0 Å². The normalized spacial score (nSPS) is 12.9. The van der Waals surface area contributed by atoms with Gasteiger partial charge in [-0.1, -0.05) is 45.4 Å². The van der Waals surface area contributed by atoms with E-state index >= 15 is 0 Å². The van der Waals surface area contributed by atoms with Crippen LogP contribution in [0.4, 0.5) is 0 Å². The number of ether oxygens (including phenoxy) is 1. The highest BCUT2D eigenvalue weighted by atomic mass is 16.5.